The molecule has 1 aromatic carbocycles. The van der Waals surface area contributed by atoms with Crippen LogP contribution in [0.4, 0.5) is 0 Å². The van der Waals surface area contributed by atoms with Crippen molar-refractivity contribution in [2.75, 3.05) is 19.8 Å². The lowest BCUT2D eigenvalue weighted by Gasteiger charge is -2.31. The van der Waals surface area contributed by atoms with Gasteiger partial charge in [0.2, 0.25) is 15.9 Å². The molecule has 0 aromatic heterocycles. The summed E-state index contributed by atoms with van der Waals surface area (Å²) in [5, 5.41) is 0.473. The second-order valence-electron chi connectivity index (χ2n) is 5.29. The number of ether oxygens (including phenoxy) is 2. The fraction of sp³-hybridized carbons (Fsp3) is 0.500. The zero-order valence-electron chi connectivity index (χ0n) is 12.4. The molecule has 1 aliphatic rings. The second kappa shape index (κ2) is 8.07. The van der Waals surface area contributed by atoms with Crippen molar-refractivity contribution in [2.24, 2.45) is 5.73 Å². The maximum absolute atomic E-state index is 12.3. The number of sulfonamides is 1. The molecule has 1 aromatic rings. The number of carbonyl (C=O) groups is 1. The molecule has 2 atom stereocenters. The first-order valence-electron chi connectivity index (χ1n) is 7.08. The molecular weight excluding hydrogens is 344 g/mol. The van der Waals surface area contributed by atoms with Gasteiger partial charge in [0.15, 0.2) is 0 Å². The van der Waals surface area contributed by atoms with Gasteiger partial charge in [-0.2, -0.15) is 0 Å². The molecule has 0 aliphatic carbocycles. The molecule has 1 fully saturated rings. The van der Waals surface area contributed by atoms with E-state index in [4.69, 9.17) is 26.8 Å². The minimum Gasteiger partial charge on any atom is -0.380 e. The summed E-state index contributed by atoms with van der Waals surface area (Å²) in [7, 11) is -3.61. The Morgan fingerprint density at radius 1 is 1.48 bits per heavy atom. The molecule has 0 unspecified atom stereocenters. The molecule has 23 heavy (non-hydrogen) atoms. The highest BCUT2D eigenvalue weighted by Gasteiger charge is 2.30. The summed E-state index contributed by atoms with van der Waals surface area (Å²) in [4.78, 5) is 10.8. The van der Waals surface area contributed by atoms with Gasteiger partial charge in [0.25, 0.3) is 0 Å². The van der Waals surface area contributed by atoms with Crippen molar-refractivity contribution in [1.29, 1.82) is 0 Å². The first-order valence-corrected chi connectivity index (χ1v) is 9.11. The van der Waals surface area contributed by atoms with Gasteiger partial charge < -0.3 is 15.2 Å². The molecule has 0 saturated carbocycles. The number of halogens is 1. The number of amides is 1. The van der Waals surface area contributed by atoms with Crippen LogP contribution >= 0.6 is 11.6 Å². The maximum Gasteiger partial charge on any atom is 0.243 e. The summed E-state index contributed by atoms with van der Waals surface area (Å²) < 4.78 is 37.8. The van der Waals surface area contributed by atoms with Crippen LogP contribution in [0, 0.1) is 0 Å². The Labute approximate surface area is 140 Å². The van der Waals surface area contributed by atoms with Crippen LogP contribution < -0.4 is 10.5 Å². The molecule has 3 N–H and O–H groups in total. The number of hydrogen-bond acceptors (Lipinski definition) is 5. The highest BCUT2D eigenvalue weighted by molar-refractivity contribution is 7.88. The van der Waals surface area contributed by atoms with E-state index in [0.717, 1.165) is 0 Å². The van der Waals surface area contributed by atoms with Gasteiger partial charge in [-0.05, 0) is 24.1 Å². The number of rotatable bonds is 7. The average Bonchev–Trinajstić information content (AvgIpc) is 2.45. The fourth-order valence-electron chi connectivity index (χ4n) is 2.34. The van der Waals surface area contributed by atoms with Gasteiger partial charge in [0.1, 0.15) is 6.61 Å². The zero-order valence-corrected chi connectivity index (χ0v) is 14.0. The molecular formula is C14H19ClN2O5S. The molecule has 1 amide bonds. The third kappa shape index (κ3) is 6.08. The molecule has 0 bridgehead atoms. The fourth-order valence-corrected chi connectivity index (χ4v) is 3.93. The Bertz CT molecular complexity index is 652. The molecule has 1 aliphatic heterocycles. The second-order valence-corrected chi connectivity index (χ2v) is 7.48. The minimum absolute atomic E-state index is 0.179. The normalized spacial score (nSPS) is 22.0. The Balaban J connectivity index is 2.00. The Morgan fingerprint density at radius 2 is 2.26 bits per heavy atom. The van der Waals surface area contributed by atoms with E-state index in [0.29, 0.717) is 23.6 Å². The lowest BCUT2D eigenvalue weighted by atomic mass is 10.1. The summed E-state index contributed by atoms with van der Waals surface area (Å²) in [6.45, 7) is 0.366. The number of nitrogens with one attached hydrogen (secondary N) is 1. The van der Waals surface area contributed by atoms with Crippen LogP contribution in [0.1, 0.15) is 12.0 Å². The van der Waals surface area contributed by atoms with Gasteiger partial charge in [-0.15, -0.1) is 0 Å². The van der Waals surface area contributed by atoms with E-state index in [1.165, 1.54) is 0 Å². The molecule has 9 heteroatoms. The van der Waals surface area contributed by atoms with Crippen molar-refractivity contribution in [1.82, 2.24) is 4.72 Å². The van der Waals surface area contributed by atoms with Gasteiger partial charge in [-0.1, -0.05) is 23.7 Å². The molecule has 0 radical (unpaired) electrons. The predicted octanol–water partition coefficient (Wildman–Crippen LogP) is 0.419. The van der Waals surface area contributed by atoms with E-state index in [9.17, 15) is 13.2 Å². The van der Waals surface area contributed by atoms with E-state index in [2.05, 4.69) is 4.72 Å². The van der Waals surface area contributed by atoms with E-state index in [-0.39, 0.29) is 19.0 Å². The molecule has 7 nitrogen and oxygen atoms in total. The molecule has 1 saturated heterocycles. The topological polar surface area (TPSA) is 108 Å². The first kappa shape index (κ1) is 18.2. The van der Waals surface area contributed by atoms with Crippen molar-refractivity contribution in [2.45, 2.75) is 24.3 Å². The van der Waals surface area contributed by atoms with Gasteiger partial charge in [0, 0.05) is 11.6 Å². The Morgan fingerprint density at radius 3 is 2.96 bits per heavy atom. The van der Waals surface area contributed by atoms with Crippen molar-refractivity contribution >= 4 is 27.5 Å². The number of benzene rings is 1. The first-order chi connectivity index (χ1) is 10.9. The van der Waals surface area contributed by atoms with Gasteiger partial charge in [0.05, 0.1) is 24.5 Å². The lowest BCUT2D eigenvalue weighted by molar-refractivity contribution is -0.127. The number of carbonyl (C=O) groups excluding carboxylic acids is 1. The summed E-state index contributed by atoms with van der Waals surface area (Å²) in [6, 6.07) is 6.08. The van der Waals surface area contributed by atoms with Crippen molar-refractivity contribution in [3.63, 3.8) is 0 Å². The quantitative estimate of drug-likeness (QED) is 0.730. The van der Waals surface area contributed by atoms with Crippen LogP contribution in [-0.2, 0) is 30.0 Å². The molecule has 128 valence electrons. The highest BCUT2D eigenvalue weighted by Crippen LogP contribution is 2.16. The van der Waals surface area contributed by atoms with E-state index >= 15 is 0 Å². The smallest absolute Gasteiger partial charge is 0.243 e. The average molecular weight is 363 g/mol. The summed E-state index contributed by atoms with van der Waals surface area (Å²) in [6.07, 6.45) is 0.0304. The minimum atomic E-state index is -3.61. The maximum atomic E-state index is 12.3. The molecule has 1 heterocycles. The third-order valence-corrected chi connectivity index (χ3v) is 4.92. The molecule has 2 rings (SSSR count). The van der Waals surface area contributed by atoms with Crippen LogP contribution in [0.15, 0.2) is 24.3 Å². The van der Waals surface area contributed by atoms with Gasteiger partial charge in [-0.3, -0.25) is 4.79 Å². The van der Waals surface area contributed by atoms with Gasteiger partial charge in [-0.25, -0.2) is 13.1 Å². The number of hydrogen-bond donors (Lipinski definition) is 2. The molecule has 0 spiro atoms. The van der Waals surface area contributed by atoms with E-state index in [1.807, 2.05) is 0 Å². The van der Waals surface area contributed by atoms with Crippen molar-refractivity contribution in [3.05, 3.63) is 34.9 Å². The summed E-state index contributed by atoms with van der Waals surface area (Å²) >= 11 is 5.86. The summed E-state index contributed by atoms with van der Waals surface area (Å²) in [5.74, 6) is -0.802. The van der Waals surface area contributed by atoms with E-state index < -0.39 is 28.1 Å². The SMILES string of the molecule is NC(=O)CO[C@H]1CCOC[C@H]1NS(=O)(=O)Cc1cccc(Cl)c1. The third-order valence-electron chi connectivity index (χ3n) is 3.31. The standard InChI is InChI=1S/C14H19ClN2O5S/c15-11-3-1-2-10(6-11)9-23(19,20)17-12-7-21-5-4-13(12)22-8-14(16)18/h1-3,6,12-13,17H,4-5,7-9H2,(H2,16,18)/t12-,13+/m1/s1. The van der Waals surface area contributed by atoms with Crippen LogP contribution in [0.25, 0.3) is 0 Å². The largest absolute Gasteiger partial charge is 0.380 e. The number of primary amides is 1. The zero-order chi connectivity index (χ0) is 16.9. The van der Waals surface area contributed by atoms with E-state index in [1.54, 1.807) is 24.3 Å². The van der Waals surface area contributed by atoms with Crippen LogP contribution in [0.5, 0.6) is 0 Å². The van der Waals surface area contributed by atoms with Gasteiger partial charge >= 0.3 is 0 Å². The predicted molar refractivity (Wildman–Crippen MR) is 85.4 cm³/mol. The Kier molecular flexibility index (Phi) is 6.37. The number of nitrogens with two attached hydrogens (primary N) is 1. The lowest BCUT2D eigenvalue weighted by Crippen LogP contribution is -2.51. The van der Waals surface area contributed by atoms with Crippen molar-refractivity contribution in [3.8, 4) is 0 Å². The van der Waals surface area contributed by atoms with Crippen LogP contribution in [-0.4, -0.2) is 46.3 Å². The monoisotopic (exact) mass is 362 g/mol. The van der Waals surface area contributed by atoms with Crippen LogP contribution in [0.3, 0.4) is 0 Å². The Hall–Kier alpha value is -1.19. The van der Waals surface area contributed by atoms with Crippen molar-refractivity contribution < 1.29 is 22.7 Å². The highest BCUT2D eigenvalue weighted by atomic mass is 35.5. The summed E-state index contributed by atoms with van der Waals surface area (Å²) in [5.41, 5.74) is 5.63. The van der Waals surface area contributed by atoms with Crippen LogP contribution in [0.2, 0.25) is 5.02 Å².